The molecule has 4 heteroatoms. The molecule has 0 saturated heterocycles. The van der Waals surface area contributed by atoms with Gasteiger partial charge in [0.25, 0.3) is 0 Å². The fourth-order valence-electron chi connectivity index (χ4n) is 1.89. The van der Waals surface area contributed by atoms with Crippen molar-refractivity contribution in [2.24, 2.45) is 5.73 Å². The van der Waals surface area contributed by atoms with Gasteiger partial charge in [-0.3, -0.25) is 0 Å². The number of hydrogen-bond acceptors (Lipinski definition) is 3. The predicted octanol–water partition coefficient (Wildman–Crippen LogP) is 1.48. The first-order chi connectivity index (χ1) is 8.13. The Morgan fingerprint density at radius 1 is 1.24 bits per heavy atom. The fourth-order valence-corrected chi connectivity index (χ4v) is 1.89. The van der Waals surface area contributed by atoms with Crippen molar-refractivity contribution < 1.29 is 5.11 Å². The molecule has 0 amide bonds. The maximum atomic E-state index is 9.59. The summed E-state index contributed by atoms with van der Waals surface area (Å²) in [7, 11) is 0. The molecule has 2 aromatic rings. The Kier molecular flexibility index (Phi) is 3.26. The van der Waals surface area contributed by atoms with Gasteiger partial charge in [-0.25, -0.2) is 4.98 Å². The molecular weight excluding hydrogens is 214 g/mol. The second-order valence-corrected chi connectivity index (χ2v) is 4.15. The molecule has 0 aliphatic rings. The average Bonchev–Trinajstić information content (AvgIpc) is 2.68. The van der Waals surface area contributed by atoms with Crippen molar-refractivity contribution in [3.63, 3.8) is 0 Å². The summed E-state index contributed by atoms with van der Waals surface area (Å²) in [5, 5.41) is 9.59. The van der Waals surface area contributed by atoms with Gasteiger partial charge in [-0.05, 0) is 32.0 Å². The number of pyridine rings is 1. The van der Waals surface area contributed by atoms with Gasteiger partial charge < -0.3 is 15.4 Å². The monoisotopic (exact) mass is 231 g/mol. The molecular formula is C13H17N3O. The number of aryl methyl sites for hydroxylation is 2. The lowest BCUT2D eigenvalue weighted by Crippen LogP contribution is -2.12. The van der Waals surface area contributed by atoms with Crippen LogP contribution < -0.4 is 5.73 Å². The first-order valence-electron chi connectivity index (χ1n) is 5.63. The number of rotatable bonds is 3. The predicted molar refractivity (Wildman–Crippen MR) is 67.1 cm³/mol. The molecule has 0 fully saturated rings. The van der Waals surface area contributed by atoms with Gasteiger partial charge in [0.05, 0.1) is 6.10 Å². The highest BCUT2D eigenvalue weighted by atomic mass is 16.3. The van der Waals surface area contributed by atoms with E-state index in [1.54, 1.807) is 6.20 Å². The first kappa shape index (κ1) is 11.8. The van der Waals surface area contributed by atoms with Crippen LogP contribution in [-0.4, -0.2) is 21.2 Å². The van der Waals surface area contributed by atoms with Crippen LogP contribution in [0.1, 0.15) is 23.1 Å². The second-order valence-electron chi connectivity index (χ2n) is 4.15. The summed E-state index contributed by atoms with van der Waals surface area (Å²) >= 11 is 0. The highest BCUT2D eigenvalue weighted by molar-refractivity contribution is 5.33. The molecule has 0 bridgehead atoms. The number of hydrogen-bond donors (Lipinski definition) is 2. The third-order valence-corrected chi connectivity index (χ3v) is 2.88. The Bertz CT molecular complexity index is 482. The van der Waals surface area contributed by atoms with E-state index in [9.17, 15) is 5.11 Å². The summed E-state index contributed by atoms with van der Waals surface area (Å²) < 4.78 is 2.07. The van der Waals surface area contributed by atoms with Crippen molar-refractivity contribution >= 4 is 0 Å². The largest absolute Gasteiger partial charge is 0.387 e. The molecule has 4 nitrogen and oxygen atoms in total. The van der Waals surface area contributed by atoms with Crippen molar-refractivity contribution in [1.82, 2.24) is 9.55 Å². The summed E-state index contributed by atoms with van der Waals surface area (Å²) in [5.74, 6) is 0.859. The molecule has 17 heavy (non-hydrogen) atoms. The zero-order chi connectivity index (χ0) is 12.4. The van der Waals surface area contributed by atoms with Crippen LogP contribution in [0.25, 0.3) is 5.82 Å². The topological polar surface area (TPSA) is 64.1 Å². The number of aliphatic hydroxyl groups is 1. The molecule has 2 heterocycles. The lowest BCUT2D eigenvalue weighted by molar-refractivity contribution is 0.186. The number of aromatic nitrogens is 2. The summed E-state index contributed by atoms with van der Waals surface area (Å²) in [6.07, 6.45) is 1.04. The van der Waals surface area contributed by atoms with Gasteiger partial charge in [-0.1, -0.05) is 6.07 Å². The van der Waals surface area contributed by atoms with Crippen LogP contribution in [0.15, 0.2) is 30.5 Å². The number of aliphatic hydroxyl groups excluding tert-OH is 1. The van der Waals surface area contributed by atoms with Gasteiger partial charge in [0.2, 0.25) is 0 Å². The van der Waals surface area contributed by atoms with E-state index in [4.69, 9.17) is 5.73 Å². The average molecular weight is 231 g/mol. The standard InChI is InChI=1S/C13H17N3O/c1-9-3-4-10(2)16(9)13-6-5-11(8-15-13)12(17)7-14/h3-6,8,12,17H,7,14H2,1-2H3. The van der Waals surface area contributed by atoms with E-state index in [-0.39, 0.29) is 6.54 Å². The normalized spacial score (nSPS) is 12.7. The summed E-state index contributed by atoms with van der Waals surface area (Å²) in [5.41, 5.74) is 8.43. The zero-order valence-corrected chi connectivity index (χ0v) is 10.1. The van der Waals surface area contributed by atoms with Crippen molar-refractivity contribution in [1.29, 1.82) is 0 Å². The van der Waals surface area contributed by atoms with E-state index >= 15 is 0 Å². The highest BCUT2D eigenvalue weighted by Gasteiger charge is 2.08. The Balaban J connectivity index is 2.36. The van der Waals surface area contributed by atoms with Crippen LogP contribution in [0.2, 0.25) is 0 Å². The highest BCUT2D eigenvalue weighted by Crippen LogP contribution is 2.16. The number of nitrogens with two attached hydrogens (primary N) is 1. The molecule has 0 aliphatic carbocycles. The van der Waals surface area contributed by atoms with E-state index in [2.05, 4.69) is 21.7 Å². The Morgan fingerprint density at radius 2 is 1.88 bits per heavy atom. The molecule has 0 aliphatic heterocycles. The molecule has 90 valence electrons. The van der Waals surface area contributed by atoms with Crippen LogP contribution in [0, 0.1) is 13.8 Å². The minimum atomic E-state index is -0.636. The second kappa shape index (κ2) is 4.69. The lowest BCUT2D eigenvalue weighted by Gasteiger charge is -2.11. The smallest absolute Gasteiger partial charge is 0.136 e. The molecule has 2 aromatic heterocycles. The van der Waals surface area contributed by atoms with Gasteiger partial charge in [-0.2, -0.15) is 0 Å². The molecule has 0 spiro atoms. The van der Waals surface area contributed by atoms with E-state index in [1.807, 2.05) is 26.0 Å². The quantitative estimate of drug-likeness (QED) is 0.841. The summed E-state index contributed by atoms with van der Waals surface area (Å²) in [6, 6.07) is 7.87. The Morgan fingerprint density at radius 3 is 2.35 bits per heavy atom. The third kappa shape index (κ3) is 2.23. The zero-order valence-electron chi connectivity index (χ0n) is 10.1. The first-order valence-corrected chi connectivity index (χ1v) is 5.63. The third-order valence-electron chi connectivity index (χ3n) is 2.88. The van der Waals surface area contributed by atoms with Crippen LogP contribution in [0.3, 0.4) is 0 Å². The molecule has 0 saturated carbocycles. The van der Waals surface area contributed by atoms with Crippen molar-refractivity contribution in [2.45, 2.75) is 20.0 Å². The van der Waals surface area contributed by atoms with Crippen molar-refractivity contribution in [2.75, 3.05) is 6.54 Å². The van der Waals surface area contributed by atoms with Crippen LogP contribution in [-0.2, 0) is 0 Å². The van der Waals surface area contributed by atoms with E-state index in [0.717, 1.165) is 22.8 Å². The van der Waals surface area contributed by atoms with Gasteiger partial charge in [0.15, 0.2) is 0 Å². The molecule has 1 atom stereocenters. The van der Waals surface area contributed by atoms with Gasteiger partial charge >= 0.3 is 0 Å². The minimum absolute atomic E-state index is 0.211. The Hall–Kier alpha value is -1.65. The molecule has 0 radical (unpaired) electrons. The summed E-state index contributed by atoms with van der Waals surface area (Å²) in [4.78, 5) is 4.36. The number of nitrogens with zero attached hydrogens (tertiary/aromatic N) is 2. The molecule has 2 rings (SSSR count). The van der Waals surface area contributed by atoms with E-state index in [0.29, 0.717) is 0 Å². The molecule has 3 N–H and O–H groups in total. The lowest BCUT2D eigenvalue weighted by atomic mass is 10.1. The van der Waals surface area contributed by atoms with Crippen LogP contribution >= 0.6 is 0 Å². The maximum Gasteiger partial charge on any atom is 0.136 e. The van der Waals surface area contributed by atoms with Crippen LogP contribution in [0.5, 0.6) is 0 Å². The van der Waals surface area contributed by atoms with Gasteiger partial charge in [0.1, 0.15) is 5.82 Å². The van der Waals surface area contributed by atoms with E-state index < -0.39 is 6.10 Å². The summed E-state index contributed by atoms with van der Waals surface area (Å²) in [6.45, 7) is 4.29. The maximum absolute atomic E-state index is 9.59. The van der Waals surface area contributed by atoms with Crippen molar-refractivity contribution in [3.05, 3.63) is 47.4 Å². The fraction of sp³-hybridized carbons (Fsp3) is 0.308. The van der Waals surface area contributed by atoms with Gasteiger partial charge in [-0.15, -0.1) is 0 Å². The van der Waals surface area contributed by atoms with E-state index in [1.165, 1.54) is 0 Å². The molecule has 0 aromatic carbocycles. The van der Waals surface area contributed by atoms with Gasteiger partial charge in [0, 0.05) is 29.7 Å². The molecule has 1 unspecified atom stereocenters. The Labute approximate surface area is 101 Å². The SMILES string of the molecule is Cc1ccc(C)n1-c1ccc(C(O)CN)cn1. The van der Waals surface area contributed by atoms with Crippen LogP contribution in [0.4, 0.5) is 0 Å². The minimum Gasteiger partial charge on any atom is -0.387 e. The van der Waals surface area contributed by atoms with Crippen molar-refractivity contribution in [3.8, 4) is 5.82 Å².